The molecule has 0 aromatic heterocycles. The Morgan fingerprint density at radius 1 is 0.500 bits per heavy atom. The van der Waals surface area contributed by atoms with Crippen LogP contribution < -0.4 is 0 Å². The largest absolute Gasteiger partial charge is 0.466 e. The number of esters is 3. The summed E-state index contributed by atoms with van der Waals surface area (Å²) in [7, 11) is 0. The Morgan fingerprint density at radius 3 is 1.12 bits per heavy atom. The lowest BCUT2D eigenvalue weighted by molar-refractivity contribution is -0.178. The van der Waals surface area contributed by atoms with Crippen molar-refractivity contribution in [3.63, 3.8) is 0 Å². The summed E-state index contributed by atoms with van der Waals surface area (Å²) < 4.78 is 15.9. The van der Waals surface area contributed by atoms with Gasteiger partial charge in [0.2, 0.25) is 0 Å². The molecule has 0 atom stereocenters. The summed E-state index contributed by atoms with van der Waals surface area (Å²) in [4.78, 5) is 37.8. The molecule has 0 aliphatic heterocycles. The van der Waals surface area contributed by atoms with Crippen LogP contribution in [0.2, 0.25) is 0 Å². The Balaban J connectivity index is 4.67. The molecule has 0 radical (unpaired) electrons. The van der Waals surface area contributed by atoms with Crippen LogP contribution in [0.5, 0.6) is 0 Å². The zero-order chi connectivity index (χ0) is 30.2. The van der Waals surface area contributed by atoms with E-state index < -0.39 is 36.4 Å². The molecule has 0 heterocycles. The van der Waals surface area contributed by atoms with Crippen LogP contribution in [0.3, 0.4) is 0 Å². The zero-order valence-electron chi connectivity index (χ0n) is 26.8. The van der Waals surface area contributed by atoms with Crippen molar-refractivity contribution < 1.29 is 33.7 Å². The molecule has 7 nitrogen and oxygen atoms in total. The monoisotopic (exact) mass is 570 g/mol. The van der Waals surface area contributed by atoms with Gasteiger partial charge in [0.05, 0.1) is 32.7 Å². The fourth-order valence-corrected chi connectivity index (χ4v) is 4.48. The minimum absolute atomic E-state index is 0.139. The van der Waals surface area contributed by atoms with Gasteiger partial charge in [-0.25, -0.2) is 4.79 Å². The predicted molar refractivity (Wildman–Crippen MR) is 161 cm³/mol. The van der Waals surface area contributed by atoms with Crippen molar-refractivity contribution in [3.8, 4) is 0 Å². The first kappa shape index (κ1) is 38.4. The van der Waals surface area contributed by atoms with Crippen LogP contribution >= 0.6 is 0 Å². The normalized spacial score (nSPS) is 11.8. The van der Waals surface area contributed by atoms with Gasteiger partial charge in [0.25, 0.3) is 0 Å². The fourth-order valence-electron chi connectivity index (χ4n) is 4.48. The van der Waals surface area contributed by atoms with E-state index in [2.05, 4.69) is 41.5 Å². The van der Waals surface area contributed by atoms with E-state index in [1.54, 1.807) is 0 Å². The van der Waals surface area contributed by atoms with E-state index in [4.69, 9.17) is 14.2 Å². The Morgan fingerprint density at radius 2 is 0.800 bits per heavy atom. The highest BCUT2D eigenvalue weighted by Crippen LogP contribution is 2.21. The number of hydrogen-bond donors (Lipinski definition) is 1. The number of ether oxygens (including phenoxy) is 3. The molecule has 1 N–H and O–H groups in total. The van der Waals surface area contributed by atoms with E-state index >= 15 is 0 Å². The molecule has 0 aliphatic carbocycles. The molecule has 0 amide bonds. The van der Waals surface area contributed by atoms with Crippen molar-refractivity contribution >= 4 is 17.9 Å². The molecule has 0 bridgehead atoms. The summed E-state index contributed by atoms with van der Waals surface area (Å²) in [6.07, 6.45) is 13.8. The van der Waals surface area contributed by atoms with Gasteiger partial charge in [-0.15, -0.1) is 0 Å². The number of unbranched alkanes of at least 4 members (excludes halogenated alkanes) is 9. The minimum Gasteiger partial charge on any atom is -0.466 e. The molecule has 0 saturated carbocycles. The van der Waals surface area contributed by atoms with Crippen molar-refractivity contribution in [1.82, 2.24) is 0 Å². The molecule has 0 unspecified atom stereocenters. The highest BCUT2D eigenvalue weighted by Gasteiger charge is 2.43. The summed E-state index contributed by atoms with van der Waals surface area (Å²) in [6, 6.07) is 0. The molecular formula is C33H62O7. The van der Waals surface area contributed by atoms with Gasteiger partial charge in [0.15, 0.2) is 5.60 Å². The molecule has 0 spiro atoms. The second-order valence-electron chi connectivity index (χ2n) is 12.8. The SMILES string of the molecule is CC(C)CCCCCCOC(=O)CC(O)(CC(=O)OCCCCCCC(C)C)C(=O)OCCCCCCC(C)C. The molecule has 40 heavy (non-hydrogen) atoms. The van der Waals surface area contributed by atoms with Crippen molar-refractivity contribution in [2.24, 2.45) is 17.8 Å². The van der Waals surface area contributed by atoms with E-state index in [-0.39, 0.29) is 19.8 Å². The summed E-state index contributed by atoms with van der Waals surface area (Å²) in [5.41, 5.74) is -2.29. The van der Waals surface area contributed by atoms with Gasteiger partial charge in [-0.3, -0.25) is 9.59 Å². The van der Waals surface area contributed by atoms with Crippen LogP contribution in [0, 0.1) is 17.8 Å². The second-order valence-corrected chi connectivity index (χ2v) is 12.8. The van der Waals surface area contributed by atoms with E-state index in [0.29, 0.717) is 24.2 Å². The van der Waals surface area contributed by atoms with E-state index in [0.717, 1.165) is 70.6 Å². The maximum atomic E-state index is 12.8. The van der Waals surface area contributed by atoms with Crippen LogP contribution in [0.4, 0.5) is 0 Å². The van der Waals surface area contributed by atoms with E-state index in [9.17, 15) is 19.5 Å². The molecule has 7 heteroatoms. The first-order valence-corrected chi connectivity index (χ1v) is 16.2. The first-order chi connectivity index (χ1) is 19.0. The average molecular weight is 571 g/mol. The number of aliphatic hydroxyl groups is 1. The van der Waals surface area contributed by atoms with Crippen LogP contribution in [-0.4, -0.2) is 48.4 Å². The Hall–Kier alpha value is -1.63. The third-order valence-electron chi connectivity index (χ3n) is 7.04. The standard InChI is InChI=1S/C33H62O7/c1-27(2)19-13-7-10-16-22-38-30(34)25-33(37,32(36)40-24-18-12-9-15-21-29(5)6)26-31(35)39-23-17-11-8-14-20-28(3)4/h27-29,37H,7-26H2,1-6H3. The van der Waals surface area contributed by atoms with Crippen LogP contribution in [-0.2, 0) is 28.6 Å². The maximum Gasteiger partial charge on any atom is 0.339 e. The topological polar surface area (TPSA) is 99.1 Å². The highest BCUT2D eigenvalue weighted by molar-refractivity contribution is 5.90. The Bertz CT molecular complexity index is 621. The van der Waals surface area contributed by atoms with Crippen LogP contribution in [0.1, 0.15) is 151 Å². The van der Waals surface area contributed by atoms with Gasteiger partial charge in [0.1, 0.15) is 0 Å². The molecule has 0 aromatic rings. The maximum absolute atomic E-state index is 12.8. The molecular weight excluding hydrogens is 508 g/mol. The number of rotatable bonds is 26. The molecule has 236 valence electrons. The smallest absolute Gasteiger partial charge is 0.339 e. The highest BCUT2D eigenvalue weighted by atomic mass is 16.6. The molecule has 0 fully saturated rings. The lowest BCUT2D eigenvalue weighted by atomic mass is 9.95. The molecule has 0 aliphatic rings. The predicted octanol–water partition coefficient (Wildman–Crippen LogP) is 7.95. The lowest BCUT2D eigenvalue weighted by Crippen LogP contribution is -2.45. The molecule has 0 rings (SSSR count). The van der Waals surface area contributed by atoms with Gasteiger partial charge in [-0.2, -0.15) is 0 Å². The molecule has 0 aromatic carbocycles. The van der Waals surface area contributed by atoms with Crippen LogP contribution in [0.25, 0.3) is 0 Å². The third kappa shape index (κ3) is 23.1. The van der Waals surface area contributed by atoms with Gasteiger partial charge in [0, 0.05) is 0 Å². The van der Waals surface area contributed by atoms with Crippen molar-refractivity contribution in [2.75, 3.05) is 19.8 Å². The lowest BCUT2D eigenvalue weighted by Gasteiger charge is -2.24. The minimum atomic E-state index is -2.29. The number of hydrogen-bond acceptors (Lipinski definition) is 7. The number of carbonyl (C=O) groups excluding carboxylic acids is 3. The number of carbonyl (C=O) groups is 3. The van der Waals surface area contributed by atoms with Crippen LogP contribution in [0.15, 0.2) is 0 Å². The van der Waals surface area contributed by atoms with Gasteiger partial charge < -0.3 is 19.3 Å². The third-order valence-corrected chi connectivity index (χ3v) is 7.04. The van der Waals surface area contributed by atoms with E-state index in [1.807, 2.05) is 0 Å². The Labute approximate surface area is 245 Å². The van der Waals surface area contributed by atoms with Gasteiger partial charge >= 0.3 is 17.9 Å². The fraction of sp³-hybridized carbons (Fsp3) is 0.909. The summed E-state index contributed by atoms with van der Waals surface area (Å²) >= 11 is 0. The zero-order valence-corrected chi connectivity index (χ0v) is 26.8. The second kappa shape index (κ2) is 24.0. The van der Waals surface area contributed by atoms with Gasteiger partial charge in [-0.05, 0) is 37.0 Å². The van der Waals surface area contributed by atoms with Gasteiger partial charge in [-0.1, -0.05) is 119 Å². The van der Waals surface area contributed by atoms with Crippen molar-refractivity contribution in [3.05, 3.63) is 0 Å². The van der Waals surface area contributed by atoms with Crippen molar-refractivity contribution in [1.29, 1.82) is 0 Å². The summed E-state index contributed by atoms with van der Waals surface area (Å²) in [5, 5.41) is 11.1. The summed E-state index contributed by atoms with van der Waals surface area (Å²) in [6.45, 7) is 13.8. The Kier molecular flexibility index (Phi) is 23.0. The summed E-state index contributed by atoms with van der Waals surface area (Å²) in [5.74, 6) is -0.363. The quantitative estimate of drug-likeness (QED) is 0.0640. The molecule has 0 saturated heterocycles. The first-order valence-electron chi connectivity index (χ1n) is 16.2. The van der Waals surface area contributed by atoms with E-state index in [1.165, 1.54) is 19.3 Å². The van der Waals surface area contributed by atoms with Crippen molar-refractivity contribution in [2.45, 2.75) is 156 Å². The average Bonchev–Trinajstić information content (AvgIpc) is 2.86.